The molecule has 0 spiro atoms. The smallest absolute Gasteiger partial charge is 0.243 e. The van der Waals surface area contributed by atoms with Gasteiger partial charge in [-0.15, -0.1) is 0 Å². The van der Waals surface area contributed by atoms with Gasteiger partial charge in [-0.25, -0.2) is 17.2 Å². The lowest BCUT2D eigenvalue weighted by molar-refractivity contribution is 0.436. The zero-order valence-electron chi connectivity index (χ0n) is 7.45. The standard InChI is InChI=1S/C9H7F3O2S/c10-6-8(11)9(12)15(13,14)7-4-2-1-3-5-7/h1-5H,6H2. The van der Waals surface area contributed by atoms with E-state index in [9.17, 15) is 21.6 Å². The van der Waals surface area contributed by atoms with E-state index in [1.807, 2.05) is 0 Å². The van der Waals surface area contributed by atoms with Crippen molar-refractivity contribution in [3.8, 4) is 0 Å². The summed E-state index contributed by atoms with van der Waals surface area (Å²) in [5, 5.41) is -2.07. The van der Waals surface area contributed by atoms with Gasteiger partial charge in [-0.05, 0) is 12.1 Å². The van der Waals surface area contributed by atoms with Gasteiger partial charge >= 0.3 is 0 Å². The van der Waals surface area contributed by atoms with Gasteiger partial charge in [0.05, 0.1) is 4.90 Å². The quantitative estimate of drug-likeness (QED) is 0.808. The highest BCUT2D eigenvalue weighted by Crippen LogP contribution is 2.23. The number of hydrogen-bond donors (Lipinski definition) is 0. The molecule has 0 aliphatic heterocycles. The van der Waals surface area contributed by atoms with Crippen LogP contribution in [0, 0.1) is 0 Å². The third-order valence-corrected chi connectivity index (χ3v) is 3.21. The number of halogens is 3. The van der Waals surface area contributed by atoms with Crippen molar-refractivity contribution in [3.05, 3.63) is 41.3 Å². The van der Waals surface area contributed by atoms with Crippen molar-refractivity contribution in [1.82, 2.24) is 0 Å². The normalized spacial score (nSPS) is 13.5. The Labute approximate surface area is 85.0 Å². The number of sulfone groups is 1. The Hall–Kier alpha value is -1.30. The molecule has 6 heteroatoms. The van der Waals surface area contributed by atoms with Gasteiger partial charge in [-0.2, -0.15) is 4.39 Å². The second-order valence-corrected chi connectivity index (χ2v) is 4.47. The number of allylic oxidation sites excluding steroid dienone is 1. The first-order chi connectivity index (χ1) is 7.00. The molecule has 0 heterocycles. The minimum absolute atomic E-state index is 0.411. The molecular weight excluding hydrogens is 229 g/mol. The van der Waals surface area contributed by atoms with Crippen molar-refractivity contribution < 1.29 is 21.6 Å². The molecule has 15 heavy (non-hydrogen) atoms. The first-order valence-electron chi connectivity index (χ1n) is 3.90. The third-order valence-electron chi connectivity index (χ3n) is 1.62. The second kappa shape index (κ2) is 4.48. The second-order valence-electron chi connectivity index (χ2n) is 2.63. The summed E-state index contributed by atoms with van der Waals surface area (Å²) in [5.74, 6) is -1.92. The lowest BCUT2D eigenvalue weighted by Crippen LogP contribution is -2.03. The number of rotatable bonds is 3. The molecule has 0 unspecified atom stereocenters. The van der Waals surface area contributed by atoms with Gasteiger partial charge in [0.2, 0.25) is 9.84 Å². The van der Waals surface area contributed by atoms with Crippen molar-refractivity contribution in [1.29, 1.82) is 0 Å². The minimum atomic E-state index is -4.55. The zero-order chi connectivity index (χ0) is 11.5. The lowest BCUT2D eigenvalue weighted by atomic mass is 10.4. The Morgan fingerprint density at radius 2 is 1.67 bits per heavy atom. The minimum Gasteiger partial charge on any atom is -0.243 e. The SMILES string of the molecule is O=S(=O)(C(F)=C(F)CF)c1ccccc1. The number of alkyl halides is 1. The van der Waals surface area contributed by atoms with Crippen LogP contribution in [-0.2, 0) is 9.84 Å². The fourth-order valence-corrected chi connectivity index (χ4v) is 1.97. The predicted molar refractivity (Wildman–Crippen MR) is 48.8 cm³/mol. The van der Waals surface area contributed by atoms with Crippen LogP contribution in [0.5, 0.6) is 0 Å². The average molecular weight is 236 g/mol. The highest BCUT2D eigenvalue weighted by Gasteiger charge is 2.24. The Morgan fingerprint density at radius 3 is 2.13 bits per heavy atom. The Kier molecular flexibility index (Phi) is 3.52. The first-order valence-corrected chi connectivity index (χ1v) is 5.38. The fourth-order valence-electron chi connectivity index (χ4n) is 0.901. The molecule has 0 bridgehead atoms. The molecule has 2 nitrogen and oxygen atoms in total. The zero-order valence-corrected chi connectivity index (χ0v) is 8.27. The summed E-state index contributed by atoms with van der Waals surface area (Å²) in [4.78, 5) is -0.411. The Balaban J connectivity index is 3.28. The van der Waals surface area contributed by atoms with Crippen LogP contribution in [0.4, 0.5) is 13.2 Å². The van der Waals surface area contributed by atoms with Crippen molar-refractivity contribution in [3.63, 3.8) is 0 Å². The molecule has 0 N–H and O–H groups in total. The fraction of sp³-hybridized carbons (Fsp3) is 0.111. The maximum Gasteiger partial charge on any atom is 0.253 e. The van der Waals surface area contributed by atoms with Crippen molar-refractivity contribution in [2.45, 2.75) is 4.90 Å². The monoisotopic (exact) mass is 236 g/mol. The van der Waals surface area contributed by atoms with Gasteiger partial charge in [-0.1, -0.05) is 18.2 Å². The Bertz CT molecular complexity index is 465. The summed E-state index contributed by atoms with van der Waals surface area (Å²) < 4.78 is 59.7. The molecule has 0 amide bonds. The molecule has 0 saturated heterocycles. The molecule has 0 aliphatic carbocycles. The van der Waals surface area contributed by atoms with Gasteiger partial charge in [0.1, 0.15) is 6.67 Å². The van der Waals surface area contributed by atoms with Crippen LogP contribution in [0.2, 0.25) is 0 Å². The maximum atomic E-state index is 12.9. The largest absolute Gasteiger partial charge is 0.253 e. The van der Waals surface area contributed by atoms with E-state index in [0.29, 0.717) is 0 Å². The highest BCUT2D eigenvalue weighted by molar-refractivity contribution is 7.95. The summed E-state index contributed by atoms with van der Waals surface area (Å²) >= 11 is 0. The van der Waals surface area contributed by atoms with Crippen LogP contribution in [-0.4, -0.2) is 15.1 Å². The van der Waals surface area contributed by atoms with E-state index in [4.69, 9.17) is 0 Å². The predicted octanol–water partition coefficient (Wildman–Crippen LogP) is 2.54. The van der Waals surface area contributed by atoms with E-state index in [2.05, 4.69) is 0 Å². The van der Waals surface area contributed by atoms with Gasteiger partial charge in [-0.3, -0.25) is 0 Å². The van der Waals surface area contributed by atoms with Crippen molar-refractivity contribution in [2.75, 3.05) is 6.67 Å². The highest BCUT2D eigenvalue weighted by atomic mass is 32.2. The summed E-state index contributed by atoms with van der Waals surface area (Å²) in [6.45, 7) is -1.78. The molecule has 0 aliphatic rings. The van der Waals surface area contributed by atoms with Gasteiger partial charge in [0, 0.05) is 0 Å². The number of benzene rings is 1. The molecular formula is C9H7F3O2S. The van der Waals surface area contributed by atoms with Gasteiger partial charge < -0.3 is 0 Å². The summed E-state index contributed by atoms with van der Waals surface area (Å²) in [6.07, 6.45) is 0. The summed E-state index contributed by atoms with van der Waals surface area (Å²) in [7, 11) is -4.55. The molecule has 0 saturated carbocycles. The molecule has 82 valence electrons. The molecule has 1 aromatic carbocycles. The van der Waals surface area contributed by atoms with Crippen LogP contribution in [0.25, 0.3) is 0 Å². The lowest BCUT2D eigenvalue weighted by Gasteiger charge is -2.01. The first kappa shape index (κ1) is 11.8. The average Bonchev–Trinajstić information content (AvgIpc) is 2.28. The third kappa shape index (κ3) is 2.38. The van der Waals surface area contributed by atoms with Crippen LogP contribution in [0.1, 0.15) is 0 Å². The summed E-state index contributed by atoms with van der Waals surface area (Å²) in [5.41, 5.74) is 0. The molecule has 0 radical (unpaired) electrons. The molecule has 0 aromatic heterocycles. The molecule has 0 atom stereocenters. The van der Waals surface area contributed by atoms with E-state index >= 15 is 0 Å². The van der Waals surface area contributed by atoms with Crippen LogP contribution >= 0.6 is 0 Å². The van der Waals surface area contributed by atoms with E-state index in [1.54, 1.807) is 0 Å². The molecule has 1 aromatic rings. The number of hydrogen-bond acceptors (Lipinski definition) is 2. The maximum absolute atomic E-state index is 12.9. The van der Waals surface area contributed by atoms with E-state index in [0.717, 1.165) is 12.1 Å². The Morgan fingerprint density at radius 1 is 1.13 bits per heavy atom. The van der Waals surface area contributed by atoms with Gasteiger partial charge in [0.25, 0.3) is 5.16 Å². The van der Waals surface area contributed by atoms with E-state index < -0.39 is 32.4 Å². The van der Waals surface area contributed by atoms with Crippen LogP contribution in [0.15, 0.2) is 46.2 Å². The van der Waals surface area contributed by atoms with Crippen molar-refractivity contribution in [2.24, 2.45) is 0 Å². The van der Waals surface area contributed by atoms with E-state index in [1.165, 1.54) is 18.2 Å². The topological polar surface area (TPSA) is 34.1 Å². The van der Waals surface area contributed by atoms with Crippen LogP contribution in [0.3, 0.4) is 0 Å². The molecule has 1 rings (SSSR count). The van der Waals surface area contributed by atoms with Crippen molar-refractivity contribution >= 4 is 9.84 Å². The molecule has 0 fully saturated rings. The van der Waals surface area contributed by atoms with Crippen LogP contribution < -0.4 is 0 Å². The van der Waals surface area contributed by atoms with Gasteiger partial charge in [0.15, 0.2) is 5.83 Å². The van der Waals surface area contributed by atoms with E-state index in [-0.39, 0.29) is 0 Å². The summed E-state index contributed by atoms with van der Waals surface area (Å²) in [6, 6.07) is 6.42.